The van der Waals surface area contributed by atoms with E-state index in [9.17, 15) is 17.6 Å². The first-order chi connectivity index (χ1) is 9.81. The Morgan fingerprint density at radius 3 is 2.52 bits per heavy atom. The van der Waals surface area contributed by atoms with Crippen molar-refractivity contribution >= 4 is 33.1 Å². The van der Waals surface area contributed by atoms with Crippen molar-refractivity contribution in [3.05, 3.63) is 58.9 Å². The molecule has 0 aliphatic rings. The molecule has 2 rings (SSSR count). The Kier molecular flexibility index (Phi) is 4.29. The Bertz CT molecular complexity index is 806. The fourth-order valence-corrected chi connectivity index (χ4v) is 3.35. The molecule has 0 amide bonds. The van der Waals surface area contributed by atoms with E-state index in [0.29, 0.717) is 0 Å². The van der Waals surface area contributed by atoms with Gasteiger partial charge in [-0.2, -0.15) is 0 Å². The Labute approximate surface area is 126 Å². The van der Waals surface area contributed by atoms with Gasteiger partial charge in [-0.3, -0.25) is 9.52 Å². The van der Waals surface area contributed by atoms with Gasteiger partial charge in [-0.15, -0.1) is 0 Å². The lowest BCUT2D eigenvalue weighted by atomic mass is 10.1. The van der Waals surface area contributed by atoms with E-state index < -0.39 is 15.8 Å². The largest absolute Gasteiger partial charge is 0.294 e. The third-order valence-corrected chi connectivity index (χ3v) is 4.58. The van der Waals surface area contributed by atoms with E-state index in [1.54, 1.807) is 12.1 Å². The molecule has 0 radical (unpaired) electrons. The smallest absolute Gasteiger partial charge is 0.263 e. The lowest BCUT2D eigenvalue weighted by molar-refractivity contribution is 0.101. The topological polar surface area (TPSA) is 63.2 Å². The molecule has 0 atom stereocenters. The van der Waals surface area contributed by atoms with Crippen LogP contribution in [0.4, 0.5) is 10.1 Å². The monoisotopic (exact) mass is 327 g/mol. The van der Waals surface area contributed by atoms with Gasteiger partial charge < -0.3 is 0 Å². The van der Waals surface area contributed by atoms with E-state index in [1.807, 2.05) is 0 Å². The van der Waals surface area contributed by atoms with Crippen molar-refractivity contribution in [2.45, 2.75) is 11.8 Å². The molecular weight excluding hydrogens is 317 g/mol. The normalized spacial score (nSPS) is 11.2. The summed E-state index contributed by atoms with van der Waals surface area (Å²) < 4.78 is 40.0. The number of carbonyl (C=O) groups excluding carboxylic acids is 1. The van der Waals surface area contributed by atoms with Crippen LogP contribution in [-0.2, 0) is 10.0 Å². The molecular formula is C14H11ClFNO3S. The quantitative estimate of drug-likeness (QED) is 0.874. The predicted octanol–water partition coefficient (Wildman–Crippen LogP) is 3.48. The maximum atomic E-state index is 13.2. The number of anilines is 1. The molecule has 2 aromatic carbocycles. The first-order valence-corrected chi connectivity index (χ1v) is 7.75. The maximum absolute atomic E-state index is 13.2. The van der Waals surface area contributed by atoms with Crippen molar-refractivity contribution in [3.63, 3.8) is 0 Å². The number of hydrogen-bond donors (Lipinski definition) is 1. The number of nitrogens with one attached hydrogen (secondary N) is 1. The van der Waals surface area contributed by atoms with Crippen LogP contribution in [0.2, 0.25) is 5.02 Å². The zero-order chi connectivity index (χ0) is 15.6. The molecule has 0 aliphatic heterocycles. The summed E-state index contributed by atoms with van der Waals surface area (Å²) >= 11 is 5.80. The summed E-state index contributed by atoms with van der Waals surface area (Å²) in [5, 5.41) is -0.107. The van der Waals surface area contributed by atoms with Crippen molar-refractivity contribution < 1.29 is 17.6 Å². The maximum Gasteiger partial charge on any atom is 0.263 e. The summed E-state index contributed by atoms with van der Waals surface area (Å²) in [6.07, 6.45) is 0. The molecule has 0 saturated heterocycles. The van der Waals surface area contributed by atoms with E-state index >= 15 is 0 Å². The molecule has 0 heterocycles. The summed E-state index contributed by atoms with van der Waals surface area (Å²) in [5.74, 6) is -1.02. The van der Waals surface area contributed by atoms with Gasteiger partial charge in [0.2, 0.25) is 0 Å². The summed E-state index contributed by atoms with van der Waals surface area (Å²) in [7, 11) is -4.10. The highest BCUT2D eigenvalue weighted by molar-refractivity contribution is 7.92. The standard InChI is InChI=1S/C14H11ClFNO3S/c1-9(18)11-4-2-3-5-13(11)17-21(19,20)14-8-10(16)6-7-12(14)15/h2-8,17H,1H3. The van der Waals surface area contributed by atoms with Crippen LogP contribution < -0.4 is 4.72 Å². The molecule has 0 fully saturated rings. The molecule has 0 spiro atoms. The highest BCUT2D eigenvalue weighted by Crippen LogP contribution is 2.26. The molecule has 0 saturated carbocycles. The fourth-order valence-electron chi connectivity index (χ4n) is 1.76. The number of rotatable bonds is 4. The van der Waals surface area contributed by atoms with Gasteiger partial charge in [0.05, 0.1) is 10.7 Å². The number of halogens is 2. The van der Waals surface area contributed by atoms with Crippen molar-refractivity contribution in [2.24, 2.45) is 0 Å². The van der Waals surface area contributed by atoms with Crippen LogP contribution in [0.5, 0.6) is 0 Å². The minimum atomic E-state index is -4.10. The van der Waals surface area contributed by atoms with E-state index in [2.05, 4.69) is 4.72 Å². The lowest BCUT2D eigenvalue weighted by Crippen LogP contribution is -2.15. The highest BCUT2D eigenvalue weighted by atomic mass is 35.5. The van der Waals surface area contributed by atoms with Crippen LogP contribution in [0.3, 0.4) is 0 Å². The molecule has 1 N–H and O–H groups in total. The number of benzene rings is 2. The zero-order valence-electron chi connectivity index (χ0n) is 10.9. The first kappa shape index (κ1) is 15.5. The van der Waals surface area contributed by atoms with E-state index in [0.717, 1.165) is 18.2 Å². The van der Waals surface area contributed by atoms with Crippen molar-refractivity contribution in [1.82, 2.24) is 0 Å². The molecule has 0 bridgehead atoms. The minimum Gasteiger partial charge on any atom is -0.294 e. The number of para-hydroxylation sites is 1. The third kappa shape index (κ3) is 3.40. The molecule has 4 nitrogen and oxygen atoms in total. The lowest BCUT2D eigenvalue weighted by Gasteiger charge is -2.12. The van der Waals surface area contributed by atoms with Crippen LogP contribution in [0, 0.1) is 5.82 Å². The van der Waals surface area contributed by atoms with Crippen LogP contribution in [0.1, 0.15) is 17.3 Å². The van der Waals surface area contributed by atoms with Gasteiger partial charge in [0.15, 0.2) is 5.78 Å². The Hall–Kier alpha value is -1.92. The fraction of sp³-hybridized carbons (Fsp3) is 0.0714. The van der Waals surface area contributed by atoms with Crippen LogP contribution in [-0.4, -0.2) is 14.2 Å². The number of ketones is 1. The highest BCUT2D eigenvalue weighted by Gasteiger charge is 2.20. The Morgan fingerprint density at radius 1 is 1.19 bits per heavy atom. The molecule has 0 unspecified atom stereocenters. The summed E-state index contributed by atoms with van der Waals surface area (Å²) in [4.78, 5) is 11.1. The molecule has 7 heteroatoms. The summed E-state index contributed by atoms with van der Waals surface area (Å²) in [6, 6.07) is 9.17. The van der Waals surface area contributed by atoms with E-state index in [1.165, 1.54) is 19.1 Å². The number of carbonyl (C=O) groups is 1. The van der Waals surface area contributed by atoms with Crippen molar-refractivity contribution in [1.29, 1.82) is 0 Å². The molecule has 2 aromatic rings. The Balaban J connectivity index is 2.48. The molecule has 21 heavy (non-hydrogen) atoms. The van der Waals surface area contributed by atoms with E-state index in [-0.39, 0.29) is 27.0 Å². The average Bonchev–Trinajstić information content (AvgIpc) is 2.41. The number of hydrogen-bond acceptors (Lipinski definition) is 3. The number of sulfonamides is 1. The summed E-state index contributed by atoms with van der Waals surface area (Å²) in [5.41, 5.74) is 0.332. The van der Waals surface area contributed by atoms with Crippen LogP contribution >= 0.6 is 11.6 Å². The number of Topliss-reactive ketones (excluding diaryl/α,β-unsaturated/α-hetero) is 1. The van der Waals surface area contributed by atoms with Crippen LogP contribution in [0.25, 0.3) is 0 Å². The second-order valence-corrected chi connectivity index (χ2v) is 6.34. The van der Waals surface area contributed by atoms with Gasteiger partial charge >= 0.3 is 0 Å². The zero-order valence-corrected chi connectivity index (χ0v) is 12.5. The molecule has 0 aromatic heterocycles. The predicted molar refractivity (Wildman–Crippen MR) is 78.7 cm³/mol. The molecule has 0 aliphatic carbocycles. The summed E-state index contributed by atoms with van der Waals surface area (Å²) in [6.45, 7) is 1.32. The van der Waals surface area contributed by atoms with E-state index in [4.69, 9.17) is 11.6 Å². The van der Waals surface area contributed by atoms with Gasteiger partial charge in [-0.05, 0) is 37.3 Å². The molecule has 110 valence electrons. The van der Waals surface area contributed by atoms with Gasteiger partial charge in [-0.1, -0.05) is 23.7 Å². The SMILES string of the molecule is CC(=O)c1ccccc1NS(=O)(=O)c1cc(F)ccc1Cl. The average molecular weight is 328 g/mol. The van der Waals surface area contributed by atoms with Gasteiger partial charge in [0, 0.05) is 5.56 Å². The second-order valence-electron chi connectivity index (χ2n) is 4.28. The minimum absolute atomic E-state index is 0.107. The first-order valence-electron chi connectivity index (χ1n) is 5.89. The van der Waals surface area contributed by atoms with Crippen molar-refractivity contribution in [2.75, 3.05) is 4.72 Å². The second kappa shape index (κ2) is 5.83. The van der Waals surface area contributed by atoms with Gasteiger partial charge in [-0.25, -0.2) is 12.8 Å². The Morgan fingerprint density at radius 2 is 1.86 bits per heavy atom. The van der Waals surface area contributed by atoms with Gasteiger partial charge in [0.1, 0.15) is 10.7 Å². The van der Waals surface area contributed by atoms with Crippen LogP contribution in [0.15, 0.2) is 47.4 Å². The van der Waals surface area contributed by atoms with Crippen molar-refractivity contribution in [3.8, 4) is 0 Å². The third-order valence-electron chi connectivity index (χ3n) is 2.73. The van der Waals surface area contributed by atoms with Gasteiger partial charge in [0.25, 0.3) is 10.0 Å².